The Bertz CT molecular complexity index is 1070. The van der Waals surface area contributed by atoms with Crippen LogP contribution in [-0.2, 0) is 11.2 Å². The third-order valence-electron chi connectivity index (χ3n) is 4.79. The maximum absolute atomic E-state index is 13.0. The molecule has 1 aliphatic carbocycles. The molecular weight excluding hydrogens is 340 g/mol. The Hall–Kier alpha value is -3.40. The summed E-state index contributed by atoms with van der Waals surface area (Å²) in [4.78, 5) is 25.6. The van der Waals surface area contributed by atoms with Gasteiger partial charge >= 0.3 is 5.97 Å². The molecule has 4 heteroatoms. The predicted molar refractivity (Wildman–Crippen MR) is 102 cm³/mol. The van der Waals surface area contributed by atoms with E-state index in [2.05, 4.69) is 0 Å². The topological polar surface area (TPSA) is 63.6 Å². The highest BCUT2D eigenvalue weighted by atomic mass is 16.5. The van der Waals surface area contributed by atoms with Gasteiger partial charge in [0.25, 0.3) is 0 Å². The number of carbonyl (C=O) groups is 2. The number of rotatable bonds is 4. The van der Waals surface area contributed by atoms with Crippen LogP contribution in [0.1, 0.15) is 44.3 Å². The molecule has 0 radical (unpaired) electrons. The van der Waals surface area contributed by atoms with Crippen molar-refractivity contribution in [3.8, 4) is 16.9 Å². The van der Waals surface area contributed by atoms with Crippen LogP contribution in [0.15, 0.2) is 60.7 Å². The highest BCUT2D eigenvalue weighted by Crippen LogP contribution is 2.40. The number of ether oxygens (including phenoxy) is 1. The van der Waals surface area contributed by atoms with Crippen molar-refractivity contribution in [2.45, 2.75) is 13.3 Å². The van der Waals surface area contributed by atoms with E-state index >= 15 is 0 Å². The summed E-state index contributed by atoms with van der Waals surface area (Å²) >= 11 is 0. The summed E-state index contributed by atoms with van der Waals surface area (Å²) in [5.41, 5.74) is 4.83. The lowest BCUT2D eigenvalue weighted by atomic mass is 9.93. The van der Waals surface area contributed by atoms with Crippen molar-refractivity contribution in [3.05, 3.63) is 88.5 Å². The standard InChI is InChI=1S/C23H18O4/c1-2-27-23(26)19-13-16(22(25)18-9-5-6-10-20(18)24)12-15-11-14-7-3-4-8-17(14)21(15)19/h3-10,12-13,24H,2,11H2,1H3. The minimum Gasteiger partial charge on any atom is -0.507 e. The lowest BCUT2D eigenvalue weighted by Gasteiger charge is -2.12. The number of esters is 1. The van der Waals surface area contributed by atoms with Gasteiger partial charge in [-0.2, -0.15) is 0 Å². The minimum atomic E-state index is -0.447. The molecule has 0 saturated carbocycles. The summed E-state index contributed by atoms with van der Waals surface area (Å²) in [5, 5.41) is 10.0. The van der Waals surface area contributed by atoms with Crippen molar-refractivity contribution in [2.24, 2.45) is 0 Å². The van der Waals surface area contributed by atoms with Crippen LogP contribution in [0.2, 0.25) is 0 Å². The molecule has 134 valence electrons. The molecule has 3 aromatic rings. The maximum atomic E-state index is 13.0. The number of fused-ring (bicyclic) bond motifs is 3. The van der Waals surface area contributed by atoms with Crippen molar-refractivity contribution in [2.75, 3.05) is 6.61 Å². The molecule has 1 aliphatic rings. The van der Waals surface area contributed by atoms with Gasteiger partial charge in [0.2, 0.25) is 0 Å². The fourth-order valence-corrected chi connectivity index (χ4v) is 3.61. The highest BCUT2D eigenvalue weighted by Gasteiger charge is 2.27. The van der Waals surface area contributed by atoms with E-state index in [-0.39, 0.29) is 23.7 Å². The Morgan fingerprint density at radius 3 is 2.48 bits per heavy atom. The number of benzene rings is 3. The quantitative estimate of drug-likeness (QED) is 0.435. The Morgan fingerprint density at radius 2 is 1.70 bits per heavy atom. The van der Waals surface area contributed by atoms with E-state index in [1.807, 2.05) is 30.3 Å². The Morgan fingerprint density at radius 1 is 0.963 bits per heavy atom. The van der Waals surface area contributed by atoms with Crippen LogP contribution in [0, 0.1) is 0 Å². The van der Waals surface area contributed by atoms with Gasteiger partial charge in [0.1, 0.15) is 5.75 Å². The molecule has 0 spiro atoms. The van der Waals surface area contributed by atoms with E-state index in [0.29, 0.717) is 17.5 Å². The first-order valence-corrected chi connectivity index (χ1v) is 8.85. The van der Waals surface area contributed by atoms with E-state index in [4.69, 9.17) is 4.74 Å². The van der Waals surface area contributed by atoms with Crippen LogP contribution in [-0.4, -0.2) is 23.5 Å². The zero-order chi connectivity index (χ0) is 19.0. The molecule has 1 N–H and O–H groups in total. The molecule has 4 nitrogen and oxygen atoms in total. The number of hydrogen-bond donors (Lipinski definition) is 1. The molecule has 0 fully saturated rings. The molecular formula is C23H18O4. The third-order valence-corrected chi connectivity index (χ3v) is 4.79. The maximum Gasteiger partial charge on any atom is 0.338 e. The smallest absolute Gasteiger partial charge is 0.338 e. The molecule has 0 atom stereocenters. The van der Waals surface area contributed by atoms with E-state index in [1.165, 1.54) is 6.07 Å². The summed E-state index contributed by atoms with van der Waals surface area (Å²) in [5.74, 6) is -0.848. The van der Waals surface area contributed by atoms with Gasteiger partial charge in [0.15, 0.2) is 5.78 Å². The molecule has 27 heavy (non-hydrogen) atoms. The van der Waals surface area contributed by atoms with Gasteiger partial charge in [-0.1, -0.05) is 36.4 Å². The molecule has 0 unspecified atom stereocenters. The van der Waals surface area contributed by atoms with E-state index in [0.717, 1.165) is 22.3 Å². The van der Waals surface area contributed by atoms with Gasteiger partial charge in [0, 0.05) is 11.1 Å². The molecule has 0 saturated heterocycles. The number of carbonyl (C=O) groups excluding carboxylic acids is 2. The Labute approximate surface area is 157 Å². The lowest BCUT2D eigenvalue weighted by molar-refractivity contribution is 0.0527. The lowest BCUT2D eigenvalue weighted by Crippen LogP contribution is -2.10. The fourth-order valence-electron chi connectivity index (χ4n) is 3.61. The number of para-hydroxylation sites is 1. The van der Waals surface area contributed by atoms with Crippen molar-refractivity contribution >= 4 is 11.8 Å². The Kier molecular flexibility index (Phi) is 4.24. The van der Waals surface area contributed by atoms with Gasteiger partial charge in [-0.05, 0) is 54.3 Å². The molecule has 0 aromatic heterocycles. The van der Waals surface area contributed by atoms with Crippen molar-refractivity contribution in [1.82, 2.24) is 0 Å². The van der Waals surface area contributed by atoms with Gasteiger partial charge < -0.3 is 9.84 Å². The normalized spacial score (nSPS) is 11.6. The molecule has 0 bridgehead atoms. The Balaban J connectivity index is 1.88. The molecule has 4 rings (SSSR count). The molecule has 0 heterocycles. The van der Waals surface area contributed by atoms with Gasteiger partial charge in [-0.15, -0.1) is 0 Å². The number of hydrogen-bond acceptors (Lipinski definition) is 4. The van der Waals surface area contributed by atoms with Gasteiger partial charge in [0.05, 0.1) is 17.7 Å². The zero-order valence-electron chi connectivity index (χ0n) is 14.9. The highest BCUT2D eigenvalue weighted by molar-refractivity contribution is 6.13. The second kappa shape index (κ2) is 6.72. The van der Waals surface area contributed by atoms with E-state index in [1.54, 1.807) is 31.2 Å². The summed E-state index contributed by atoms with van der Waals surface area (Å²) < 4.78 is 5.23. The number of ketones is 1. The summed E-state index contributed by atoms with van der Waals surface area (Å²) in [6, 6.07) is 17.7. The fraction of sp³-hybridized carbons (Fsp3) is 0.130. The van der Waals surface area contributed by atoms with E-state index < -0.39 is 5.97 Å². The molecule has 0 aliphatic heterocycles. The van der Waals surface area contributed by atoms with Crippen LogP contribution >= 0.6 is 0 Å². The minimum absolute atomic E-state index is 0.0797. The first-order chi connectivity index (χ1) is 13.1. The van der Waals surface area contributed by atoms with E-state index in [9.17, 15) is 14.7 Å². The first kappa shape index (κ1) is 17.0. The summed E-state index contributed by atoms with van der Waals surface area (Å²) in [6.45, 7) is 2.01. The van der Waals surface area contributed by atoms with Gasteiger partial charge in [-0.3, -0.25) is 4.79 Å². The zero-order valence-corrected chi connectivity index (χ0v) is 14.9. The number of aromatic hydroxyl groups is 1. The van der Waals surface area contributed by atoms with Gasteiger partial charge in [-0.25, -0.2) is 4.79 Å². The third kappa shape index (κ3) is 2.89. The van der Waals surface area contributed by atoms with Crippen LogP contribution in [0.3, 0.4) is 0 Å². The average molecular weight is 358 g/mol. The van der Waals surface area contributed by atoms with Crippen LogP contribution in [0.4, 0.5) is 0 Å². The van der Waals surface area contributed by atoms with Crippen molar-refractivity contribution in [3.63, 3.8) is 0 Å². The first-order valence-electron chi connectivity index (χ1n) is 8.85. The number of phenols is 1. The number of phenolic OH excluding ortho intramolecular Hbond substituents is 1. The second-order valence-electron chi connectivity index (χ2n) is 6.46. The average Bonchev–Trinajstić information content (AvgIpc) is 3.05. The van der Waals surface area contributed by atoms with Crippen molar-refractivity contribution in [1.29, 1.82) is 0 Å². The molecule has 3 aromatic carbocycles. The second-order valence-corrected chi connectivity index (χ2v) is 6.46. The summed E-state index contributed by atoms with van der Waals surface area (Å²) in [7, 11) is 0. The van der Waals surface area contributed by atoms with Crippen LogP contribution < -0.4 is 0 Å². The van der Waals surface area contributed by atoms with Crippen LogP contribution in [0.25, 0.3) is 11.1 Å². The SMILES string of the molecule is CCOC(=O)c1cc(C(=O)c2ccccc2O)cc2c1-c1ccccc1C2. The monoisotopic (exact) mass is 358 g/mol. The van der Waals surface area contributed by atoms with Crippen molar-refractivity contribution < 1.29 is 19.4 Å². The predicted octanol–water partition coefficient (Wildman–Crippen LogP) is 4.37. The summed E-state index contributed by atoms with van der Waals surface area (Å²) in [6.07, 6.45) is 0.653. The largest absolute Gasteiger partial charge is 0.507 e. The molecule has 0 amide bonds. The van der Waals surface area contributed by atoms with Crippen LogP contribution in [0.5, 0.6) is 5.75 Å².